The quantitative estimate of drug-likeness (QED) is 0.149. The molecule has 25 rings (SSSR count). The van der Waals surface area contributed by atoms with Crippen molar-refractivity contribution >= 4 is 173 Å². The van der Waals surface area contributed by atoms with Gasteiger partial charge in [0, 0.05) is 32.7 Å². The van der Waals surface area contributed by atoms with Crippen molar-refractivity contribution in [1.29, 1.82) is 10.5 Å². The van der Waals surface area contributed by atoms with Crippen LogP contribution < -0.4 is 0 Å². The molecule has 0 saturated heterocycles. The van der Waals surface area contributed by atoms with E-state index in [2.05, 4.69) is 382 Å². The summed E-state index contributed by atoms with van der Waals surface area (Å²) in [5.74, 6) is 0. The molecule has 4 nitrogen and oxygen atoms in total. The minimum Gasteiger partial charge on any atom is -0.247 e. The summed E-state index contributed by atoms with van der Waals surface area (Å²) < 4.78 is 0. The average molecular weight is 1540 g/mol. The van der Waals surface area contributed by atoms with Crippen LogP contribution in [0.1, 0.15) is 11.1 Å². The first-order valence-electron chi connectivity index (χ1n) is 41.6. The van der Waals surface area contributed by atoms with Gasteiger partial charge in [-0.25, -0.2) is 9.97 Å². The van der Waals surface area contributed by atoms with E-state index in [1.54, 1.807) is 0 Å². The van der Waals surface area contributed by atoms with Gasteiger partial charge < -0.3 is 0 Å². The van der Waals surface area contributed by atoms with Crippen LogP contribution in [-0.4, -0.2) is 9.97 Å². The van der Waals surface area contributed by atoms with Crippen LogP contribution in [0.15, 0.2) is 413 Å². The highest BCUT2D eigenvalue weighted by Crippen LogP contribution is 2.49. The molecule has 0 saturated carbocycles. The van der Waals surface area contributed by atoms with Crippen LogP contribution in [-0.2, 0) is 0 Å². The summed E-state index contributed by atoms with van der Waals surface area (Å²) >= 11 is 0. The summed E-state index contributed by atoms with van der Waals surface area (Å²) in [6, 6.07) is 153. The summed E-state index contributed by atoms with van der Waals surface area (Å²) in [5.41, 5.74) is 18.2. The van der Waals surface area contributed by atoms with Crippen molar-refractivity contribution in [1.82, 2.24) is 9.97 Å². The van der Waals surface area contributed by atoms with Crippen molar-refractivity contribution in [2.24, 2.45) is 0 Å². The van der Waals surface area contributed by atoms with Crippen LogP contribution in [0.5, 0.6) is 0 Å². The molecule has 0 unspecified atom stereocenters. The second-order valence-corrected chi connectivity index (χ2v) is 32.2. The van der Waals surface area contributed by atoms with Gasteiger partial charge in [0.1, 0.15) is 0 Å². The van der Waals surface area contributed by atoms with E-state index < -0.39 is 0 Å². The molecule has 25 aromatic rings. The molecule has 0 fully saturated rings. The largest absolute Gasteiger partial charge is 0.247 e. The molecule has 2 heterocycles. The summed E-state index contributed by atoms with van der Waals surface area (Å²) in [4.78, 5) is 11.2. The van der Waals surface area contributed by atoms with Crippen LogP contribution in [0.2, 0.25) is 0 Å². The van der Waals surface area contributed by atoms with Gasteiger partial charge in [-0.1, -0.05) is 340 Å². The van der Waals surface area contributed by atoms with Crippen LogP contribution in [0.4, 0.5) is 0 Å². The predicted octanol–water partition coefficient (Wildman–Crippen LogP) is 32.0. The minimum atomic E-state index is 0.628. The topological polar surface area (TPSA) is 73.4 Å². The Morgan fingerprint density at radius 2 is 0.369 bits per heavy atom. The number of fused-ring (bicyclic) bond motifs is 30. The molecule has 0 N–H and O–H groups in total. The zero-order valence-corrected chi connectivity index (χ0v) is 66.0. The summed E-state index contributed by atoms with van der Waals surface area (Å²) in [6.07, 6.45) is 0. The summed E-state index contributed by atoms with van der Waals surface area (Å²) in [7, 11) is 0. The highest BCUT2D eigenvalue weighted by molar-refractivity contribution is 6.31. The standard InChI is InChI=1S/C62H36N2.C56H32N2/c63-37-38-21-23-39(24-22-38)40-25-27-41(28-26-40)57-36-61(43-30-32-54-49-16-4-2-12-45(49)47-14-6-8-18-51(47)59(54)34-43)64-62-55-20-10-9-19-52(55)56(35-60(57)62)42-29-31-53-48-15-3-1-11-44(48)46-13-5-7-17-50(46)58(53)33-42;57-33-34-12-11-13-35(28-34)51-32-55(37-25-27-48-43-19-4-2-15-39(43)41-17-6-8-21-45(41)53(48)30-37)58-56-49-23-10-9-22-46(49)50(31-54(51)56)36-24-26-47-42-18-3-1-14-38(42)40-16-5-7-20-44(40)52(47)29-36/h1-36H;1-32H. The Labute approximate surface area is 702 Å². The van der Waals surface area contributed by atoms with Gasteiger partial charge in [0.15, 0.2) is 0 Å². The maximum Gasteiger partial charge on any atom is 0.0991 e. The van der Waals surface area contributed by atoms with E-state index in [1.807, 2.05) is 42.5 Å². The van der Waals surface area contributed by atoms with Crippen molar-refractivity contribution in [3.8, 4) is 90.3 Å². The van der Waals surface area contributed by atoms with Crippen LogP contribution in [0, 0.1) is 22.7 Å². The third-order valence-electron chi connectivity index (χ3n) is 25.7. The molecule has 122 heavy (non-hydrogen) atoms. The molecule has 0 aliphatic heterocycles. The Morgan fingerprint density at radius 1 is 0.139 bits per heavy atom. The molecule has 0 spiro atoms. The van der Waals surface area contributed by atoms with Gasteiger partial charge in [-0.05, 0) is 268 Å². The van der Waals surface area contributed by atoms with Gasteiger partial charge in [-0.3, -0.25) is 0 Å². The minimum absolute atomic E-state index is 0.628. The van der Waals surface area contributed by atoms with Gasteiger partial charge in [-0.15, -0.1) is 0 Å². The lowest BCUT2D eigenvalue weighted by Crippen LogP contribution is -1.94. The molecule has 560 valence electrons. The van der Waals surface area contributed by atoms with Gasteiger partial charge >= 0.3 is 0 Å². The molecule has 0 aliphatic carbocycles. The first-order chi connectivity index (χ1) is 60.4. The number of hydrogen-bond donors (Lipinski definition) is 0. The number of pyridine rings is 2. The fourth-order valence-corrected chi connectivity index (χ4v) is 20.0. The first kappa shape index (κ1) is 69.8. The molecular formula is C118H68N4. The van der Waals surface area contributed by atoms with Crippen LogP contribution >= 0.6 is 0 Å². The number of nitrogens with zero attached hydrogens (tertiary/aromatic N) is 4. The molecule has 0 atom stereocenters. The molecule has 2 aromatic heterocycles. The number of benzene rings is 23. The maximum absolute atomic E-state index is 10.0. The maximum atomic E-state index is 10.0. The third-order valence-corrected chi connectivity index (χ3v) is 25.7. The Kier molecular flexibility index (Phi) is 16.1. The molecule has 23 aromatic carbocycles. The number of hydrogen-bond acceptors (Lipinski definition) is 4. The lowest BCUT2D eigenvalue weighted by atomic mass is 9.88. The van der Waals surface area contributed by atoms with E-state index >= 15 is 0 Å². The lowest BCUT2D eigenvalue weighted by molar-refractivity contribution is 1.41. The first-order valence-corrected chi connectivity index (χ1v) is 41.6. The van der Waals surface area contributed by atoms with Crippen LogP contribution in [0.3, 0.4) is 0 Å². The molecule has 0 radical (unpaired) electrons. The SMILES string of the molecule is N#Cc1ccc(-c2ccc(-c3cc(-c4ccc5c6ccccc6c6ccccc6c5c4)nc4c3cc(-c3ccc5c6ccccc6c6ccccc6c5c3)c3ccccc34)cc2)cc1.N#Cc1cccc(-c2cc(-c3ccc4c5ccccc5c5ccccc5c4c3)nc3c2cc(-c2ccc4c5ccccc5c5ccccc5c4c2)c2ccccc23)c1. The smallest absolute Gasteiger partial charge is 0.0991 e. The Hall–Kier alpha value is -16.5. The Morgan fingerprint density at radius 3 is 0.689 bits per heavy atom. The summed E-state index contributed by atoms with van der Waals surface area (Å²) in [6.45, 7) is 0. The lowest BCUT2D eigenvalue weighted by Gasteiger charge is -2.17. The van der Waals surface area contributed by atoms with Crippen molar-refractivity contribution < 1.29 is 0 Å². The molecule has 0 bridgehead atoms. The predicted molar refractivity (Wildman–Crippen MR) is 516 cm³/mol. The molecule has 4 heteroatoms. The Bertz CT molecular complexity index is 8770. The zero-order valence-electron chi connectivity index (χ0n) is 66.0. The average Bonchev–Trinajstić information content (AvgIpc) is 0.752. The molecule has 0 amide bonds. The number of nitriles is 2. The number of rotatable bonds is 7. The highest BCUT2D eigenvalue weighted by atomic mass is 14.7. The monoisotopic (exact) mass is 1540 g/mol. The second kappa shape index (κ2) is 28.1. The van der Waals surface area contributed by atoms with E-state index in [4.69, 9.17) is 9.97 Å². The molecule has 0 aliphatic rings. The van der Waals surface area contributed by atoms with Crippen LogP contribution in [0.25, 0.3) is 251 Å². The van der Waals surface area contributed by atoms with E-state index in [1.165, 1.54) is 146 Å². The normalized spacial score (nSPS) is 11.8. The number of aromatic nitrogens is 2. The fourth-order valence-electron chi connectivity index (χ4n) is 20.0. The third kappa shape index (κ3) is 11.2. The fraction of sp³-hybridized carbons (Fsp3) is 0. The van der Waals surface area contributed by atoms with Crippen molar-refractivity contribution in [2.75, 3.05) is 0 Å². The second-order valence-electron chi connectivity index (χ2n) is 32.2. The van der Waals surface area contributed by atoms with Gasteiger partial charge in [-0.2, -0.15) is 10.5 Å². The van der Waals surface area contributed by atoms with Gasteiger partial charge in [0.05, 0.1) is 45.7 Å². The zero-order chi connectivity index (χ0) is 80.6. The van der Waals surface area contributed by atoms with E-state index in [0.29, 0.717) is 11.1 Å². The van der Waals surface area contributed by atoms with E-state index in [0.717, 1.165) is 105 Å². The van der Waals surface area contributed by atoms with E-state index in [-0.39, 0.29) is 0 Å². The molecular weight excluding hydrogens is 1470 g/mol. The highest BCUT2D eigenvalue weighted by Gasteiger charge is 2.23. The summed E-state index contributed by atoms with van der Waals surface area (Å²) in [5, 5.41) is 56.1. The van der Waals surface area contributed by atoms with Crippen molar-refractivity contribution in [2.45, 2.75) is 0 Å². The van der Waals surface area contributed by atoms with Gasteiger partial charge in [0.25, 0.3) is 0 Å². The van der Waals surface area contributed by atoms with Gasteiger partial charge in [0.2, 0.25) is 0 Å². The van der Waals surface area contributed by atoms with Crippen molar-refractivity contribution in [3.63, 3.8) is 0 Å². The Balaban J connectivity index is 0.000000139. The van der Waals surface area contributed by atoms with Crippen molar-refractivity contribution in [3.05, 3.63) is 424 Å². The van der Waals surface area contributed by atoms with E-state index in [9.17, 15) is 10.5 Å².